The van der Waals surface area contributed by atoms with Crippen LogP contribution < -0.4 is 24.8 Å². The van der Waals surface area contributed by atoms with Crippen molar-refractivity contribution < 1.29 is 39.0 Å². The van der Waals surface area contributed by atoms with Gasteiger partial charge >= 0.3 is 5.97 Å². The third-order valence-electron chi connectivity index (χ3n) is 7.51. The largest absolute Gasteiger partial charge is 0.494 e. The maximum Gasteiger partial charge on any atom is 0.323 e. The van der Waals surface area contributed by atoms with Gasteiger partial charge in [0.25, 0.3) is 0 Å². The minimum absolute atomic E-state index is 0.0519. The Labute approximate surface area is 292 Å². The van der Waals surface area contributed by atoms with E-state index >= 15 is 0 Å². The molecular weight excluding hydrogens is 675 g/mol. The first-order valence-corrected chi connectivity index (χ1v) is 16.3. The molecule has 1 atom stereocenters. The Bertz CT molecular complexity index is 1850. The lowest BCUT2D eigenvalue weighted by atomic mass is 10.0. The smallest absolute Gasteiger partial charge is 0.323 e. The predicted octanol–water partition coefficient (Wildman–Crippen LogP) is 5.24. The summed E-state index contributed by atoms with van der Waals surface area (Å²) in [5, 5.41) is 42.1. The topological polar surface area (TPSA) is 168 Å². The number of aliphatic carboxylic acids is 1. The van der Waals surface area contributed by atoms with Crippen LogP contribution in [0.2, 0.25) is 10.0 Å². The quantitative estimate of drug-likeness (QED) is 0.0708. The molecule has 5 aromatic rings. The van der Waals surface area contributed by atoms with Gasteiger partial charge in [0.1, 0.15) is 47.5 Å². The van der Waals surface area contributed by atoms with Crippen molar-refractivity contribution in [3.05, 3.63) is 99.5 Å². The number of fused-ring (bicyclic) bond motifs is 1. The van der Waals surface area contributed by atoms with Crippen molar-refractivity contribution >= 4 is 40.2 Å². The molecule has 258 valence electrons. The molecule has 0 aliphatic rings. The van der Waals surface area contributed by atoms with Gasteiger partial charge in [-0.3, -0.25) is 10.1 Å². The second-order valence-electron chi connectivity index (χ2n) is 11.0. The van der Waals surface area contributed by atoms with Gasteiger partial charge in [0.15, 0.2) is 0 Å². The second kappa shape index (κ2) is 17.8. The van der Waals surface area contributed by atoms with Gasteiger partial charge in [0.05, 0.1) is 29.9 Å². The normalized spacial score (nSPS) is 11.8. The average molecular weight is 712 g/mol. The number of nitrogens with zero attached hydrogens (tertiary/aromatic N) is 2. The number of rotatable bonds is 19. The summed E-state index contributed by atoms with van der Waals surface area (Å²) in [6.07, 6.45) is 0.798. The van der Waals surface area contributed by atoms with E-state index in [1.807, 2.05) is 48.5 Å². The van der Waals surface area contributed by atoms with E-state index in [4.69, 9.17) is 47.1 Å². The fourth-order valence-electron chi connectivity index (χ4n) is 4.92. The molecule has 1 heterocycles. The number of aliphatic hydroxyl groups is 2. The summed E-state index contributed by atoms with van der Waals surface area (Å²) in [4.78, 5) is 11.5. The molecule has 1 unspecified atom stereocenters. The first kappa shape index (κ1) is 35.9. The van der Waals surface area contributed by atoms with Gasteiger partial charge < -0.3 is 34.8 Å². The van der Waals surface area contributed by atoms with E-state index in [1.165, 1.54) is 0 Å². The lowest BCUT2D eigenvalue weighted by molar-refractivity contribution is -0.140. The number of halogens is 2. The fraction of sp³-hybridized carbons (Fsp3) is 0.286. The Morgan fingerprint density at radius 3 is 2.49 bits per heavy atom. The highest BCUT2D eigenvalue weighted by Gasteiger charge is 2.19. The van der Waals surface area contributed by atoms with Gasteiger partial charge in [-0.15, -0.1) is 0 Å². The van der Waals surface area contributed by atoms with E-state index in [0.29, 0.717) is 46.3 Å². The van der Waals surface area contributed by atoms with Crippen molar-refractivity contribution in [1.82, 2.24) is 20.9 Å². The number of benzene rings is 4. The molecule has 0 saturated heterocycles. The predicted molar refractivity (Wildman–Crippen MR) is 184 cm³/mol. The van der Waals surface area contributed by atoms with Crippen LogP contribution in [0.15, 0.2) is 77.4 Å². The fourth-order valence-corrected chi connectivity index (χ4v) is 5.45. The highest BCUT2D eigenvalue weighted by molar-refractivity contribution is 6.34. The van der Waals surface area contributed by atoms with Gasteiger partial charge in [-0.1, -0.05) is 59.6 Å². The molecule has 0 spiro atoms. The van der Waals surface area contributed by atoms with Crippen LogP contribution in [0.1, 0.15) is 23.1 Å². The van der Waals surface area contributed by atoms with Crippen molar-refractivity contribution in [1.29, 1.82) is 0 Å². The van der Waals surface area contributed by atoms with Crippen LogP contribution in [0.3, 0.4) is 0 Å². The Morgan fingerprint density at radius 2 is 1.67 bits per heavy atom. The minimum Gasteiger partial charge on any atom is -0.494 e. The molecule has 0 aliphatic heterocycles. The standard InChI is InChI=1S/C35H36Cl2N4O8/c36-28-16-25(18-39-31(19-43)35(44)45)32(47-20-22-8-9-29-30(14-22)41-49-40-29)17-33(28)48-21-24-5-2-7-27(34(24)37)23-4-1-6-26(15-23)46-13-3-10-38-11-12-42/h1-2,4-9,14-17,31,38-39,42-43H,3,10-13,18-21H2,(H,44,45). The molecular formula is C35H36Cl2N4O8. The van der Waals surface area contributed by atoms with E-state index in [9.17, 15) is 15.0 Å². The molecule has 0 bridgehead atoms. The summed E-state index contributed by atoms with van der Waals surface area (Å²) in [5.41, 5.74) is 4.97. The molecule has 0 fully saturated rings. The number of carboxylic acid groups (broad SMARTS) is 1. The number of ether oxygens (including phenoxy) is 3. The molecule has 0 aliphatic carbocycles. The zero-order chi connectivity index (χ0) is 34.6. The highest BCUT2D eigenvalue weighted by Crippen LogP contribution is 2.36. The zero-order valence-electron chi connectivity index (χ0n) is 26.4. The van der Waals surface area contributed by atoms with Crippen molar-refractivity contribution in [3.63, 3.8) is 0 Å². The molecule has 4 aromatic carbocycles. The summed E-state index contributed by atoms with van der Waals surface area (Å²) in [6, 6.07) is 20.9. The van der Waals surface area contributed by atoms with Gasteiger partial charge in [0, 0.05) is 35.8 Å². The van der Waals surface area contributed by atoms with Crippen LogP contribution >= 0.6 is 23.2 Å². The third kappa shape index (κ3) is 9.82. The molecule has 0 amide bonds. The first-order chi connectivity index (χ1) is 23.9. The Hall–Kier alpha value is -4.43. The summed E-state index contributed by atoms with van der Waals surface area (Å²) < 4.78 is 23.0. The van der Waals surface area contributed by atoms with Crippen LogP contribution in [-0.2, 0) is 24.6 Å². The lowest BCUT2D eigenvalue weighted by Crippen LogP contribution is -2.39. The number of nitrogens with one attached hydrogen (secondary N) is 2. The number of hydrogen-bond donors (Lipinski definition) is 5. The van der Waals surface area contributed by atoms with Crippen molar-refractivity contribution in [2.45, 2.75) is 32.2 Å². The van der Waals surface area contributed by atoms with E-state index in [1.54, 1.807) is 24.3 Å². The Kier molecular flexibility index (Phi) is 13.0. The summed E-state index contributed by atoms with van der Waals surface area (Å²) in [6.45, 7) is 1.64. The van der Waals surface area contributed by atoms with Crippen LogP contribution in [0.25, 0.3) is 22.2 Å². The van der Waals surface area contributed by atoms with Gasteiger partial charge in [-0.05, 0) is 64.7 Å². The number of aliphatic hydroxyl groups excluding tert-OH is 2. The molecule has 0 saturated carbocycles. The summed E-state index contributed by atoms with van der Waals surface area (Å²) >= 11 is 13.5. The van der Waals surface area contributed by atoms with E-state index in [0.717, 1.165) is 41.0 Å². The van der Waals surface area contributed by atoms with Crippen molar-refractivity contribution in [2.24, 2.45) is 0 Å². The second-order valence-corrected chi connectivity index (χ2v) is 11.8. The first-order valence-electron chi connectivity index (χ1n) is 15.5. The lowest BCUT2D eigenvalue weighted by Gasteiger charge is -2.18. The summed E-state index contributed by atoms with van der Waals surface area (Å²) in [5.74, 6) is 0.261. The van der Waals surface area contributed by atoms with Crippen LogP contribution in [0, 0.1) is 0 Å². The third-order valence-corrected chi connectivity index (χ3v) is 8.25. The summed E-state index contributed by atoms with van der Waals surface area (Å²) in [7, 11) is 0. The Morgan fingerprint density at radius 1 is 0.857 bits per heavy atom. The van der Waals surface area contributed by atoms with Gasteiger partial charge in [0.2, 0.25) is 0 Å². The number of carboxylic acids is 1. The van der Waals surface area contributed by atoms with Crippen LogP contribution in [0.5, 0.6) is 17.2 Å². The molecule has 14 heteroatoms. The highest BCUT2D eigenvalue weighted by atomic mass is 35.5. The SMILES string of the molecule is O=C(O)C(CO)NCc1cc(Cl)c(OCc2cccc(-c3cccc(OCCCNCCO)c3)c2Cl)cc1OCc1ccc2nonc2c1. The van der Waals surface area contributed by atoms with Crippen LogP contribution in [0.4, 0.5) is 0 Å². The number of carbonyl (C=O) groups is 1. The van der Waals surface area contributed by atoms with Crippen molar-refractivity contribution in [2.75, 3.05) is 32.9 Å². The minimum atomic E-state index is -1.19. The maximum absolute atomic E-state index is 11.5. The van der Waals surface area contributed by atoms with Crippen LogP contribution in [-0.4, -0.2) is 70.6 Å². The number of hydrogen-bond acceptors (Lipinski definition) is 11. The van der Waals surface area contributed by atoms with E-state index in [2.05, 4.69) is 20.9 Å². The molecule has 5 rings (SSSR count). The average Bonchev–Trinajstić information content (AvgIpc) is 3.58. The van der Waals surface area contributed by atoms with E-state index < -0.39 is 18.6 Å². The van der Waals surface area contributed by atoms with Gasteiger partial charge in [-0.2, -0.15) is 0 Å². The molecule has 1 aromatic heterocycles. The molecule has 0 radical (unpaired) electrons. The van der Waals surface area contributed by atoms with E-state index in [-0.39, 0.29) is 31.4 Å². The Balaban J connectivity index is 1.31. The molecule has 5 N–H and O–H groups in total. The number of aromatic nitrogens is 2. The van der Waals surface area contributed by atoms with Gasteiger partial charge in [-0.25, -0.2) is 4.63 Å². The zero-order valence-corrected chi connectivity index (χ0v) is 27.9. The van der Waals surface area contributed by atoms with Crippen molar-refractivity contribution in [3.8, 4) is 28.4 Å². The molecule has 12 nitrogen and oxygen atoms in total. The monoisotopic (exact) mass is 710 g/mol. The maximum atomic E-state index is 11.5. The molecule has 49 heavy (non-hydrogen) atoms.